The van der Waals surface area contributed by atoms with Gasteiger partial charge in [0.1, 0.15) is 6.61 Å². The Morgan fingerprint density at radius 1 is 1.00 bits per heavy atom. The summed E-state index contributed by atoms with van der Waals surface area (Å²) in [6.45, 7) is -0.691. The van der Waals surface area contributed by atoms with Crippen molar-refractivity contribution < 1.29 is 23.9 Å². The van der Waals surface area contributed by atoms with Crippen molar-refractivity contribution in [2.75, 3.05) is 20.3 Å². The second-order valence-electron chi connectivity index (χ2n) is 7.29. The Bertz CT molecular complexity index is 469. The Hall–Kier alpha value is -1.63. The maximum Gasteiger partial charge on any atom is 0.332 e. The van der Waals surface area contributed by atoms with Crippen molar-refractivity contribution in [2.24, 2.45) is 17.8 Å². The van der Waals surface area contributed by atoms with Gasteiger partial charge in [-0.1, -0.05) is 0 Å². The number of carbonyl (C=O) groups is 3. The van der Waals surface area contributed by atoms with E-state index in [9.17, 15) is 14.4 Å². The Balaban J connectivity index is 1.46. The highest BCUT2D eigenvalue weighted by molar-refractivity contribution is 5.95. The highest BCUT2D eigenvalue weighted by atomic mass is 16.6. The van der Waals surface area contributed by atoms with Crippen molar-refractivity contribution in [3.63, 3.8) is 0 Å². The maximum atomic E-state index is 12.1. The number of nitrogens with one attached hydrogen (secondary N) is 2. The zero-order valence-electron chi connectivity index (χ0n) is 13.4. The van der Waals surface area contributed by atoms with E-state index in [0.29, 0.717) is 17.8 Å². The number of methoxy groups -OCH3 is 1. The van der Waals surface area contributed by atoms with Crippen molar-refractivity contribution in [2.45, 2.75) is 44.1 Å². The van der Waals surface area contributed by atoms with E-state index < -0.39 is 24.5 Å². The molecule has 0 atom stereocenters. The van der Waals surface area contributed by atoms with Gasteiger partial charge in [0.05, 0.1) is 0 Å². The summed E-state index contributed by atoms with van der Waals surface area (Å²) in [6.07, 6.45) is 6.92. The first-order chi connectivity index (χ1) is 11.0. The molecule has 4 aliphatic rings. The van der Waals surface area contributed by atoms with Crippen LogP contribution >= 0.6 is 0 Å². The molecule has 4 fully saturated rings. The molecule has 0 aromatic carbocycles. The molecular weight excluding hydrogens is 300 g/mol. The van der Waals surface area contributed by atoms with Crippen LogP contribution in [-0.2, 0) is 19.1 Å². The summed E-state index contributed by atoms with van der Waals surface area (Å²) < 4.78 is 9.27. The number of rotatable bonds is 5. The van der Waals surface area contributed by atoms with Crippen LogP contribution in [0.3, 0.4) is 0 Å². The molecule has 0 unspecified atom stereocenters. The minimum Gasteiger partial charge on any atom is -0.454 e. The number of urea groups is 1. The van der Waals surface area contributed by atoms with Crippen molar-refractivity contribution in [3.8, 4) is 0 Å². The standard InChI is InChI=1S/C16H24N2O5/c1-22-9-14(20)23-8-13(19)17-15(21)18-16-5-10-2-11(6-16)4-12(3-10)7-16/h10-12H,2-9H2,1H3,(H2,17,18,19,21). The molecule has 0 heterocycles. The molecule has 4 bridgehead atoms. The Morgan fingerprint density at radius 3 is 2.09 bits per heavy atom. The molecule has 0 aliphatic heterocycles. The molecule has 0 radical (unpaired) electrons. The Kier molecular flexibility index (Phi) is 4.57. The quantitative estimate of drug-likeness (QED) is 0.735. The number of hydrogen-bond donors (Lipinski definition) is 2. The summed E-state index contributed by atoms with van der Waals surface area (Å²) in [4.78, 5) is 34.9. The molecule has 7 nitrogen and oxygen atoms in total. The van der Waals surface area contributed by atoms with E-state index in [1.54, 1.807) is 0 Å². The highest BCUT2D eigenvalue weighted by Gasteiger charge is 2.51. The molecule has 4 aliphatic carbocycles. The van der Waals surface area contributed by atoms with Gasteiger partial charge in [-0.25, -0.2) is 9.59 Å². The van der Waals surface area contributed by atoms with Crippen LogP contribution in [0, 0.1) is 17.8 Å². The summed E-state index contributed by atoms with van der Waals surface area (Å²) in [6, 6.07) is -0.486. The minimum atomic E-state index is -0.635. The second-order valence-corrected chi connectivity index (χ2v) is 7.29. The third-order valence-electron chi connectivity index (χ3n) is 5.30. The summed E-state index contributed by atoms with van der Waals surface area (Å²) in [5, 5.41) is 5.28. The number of carbonyl (C=O) groups excluding carboxylic acids is 3. The van der Waals surface area contributed by atoms with E-state index >= 15 is 0 Å². The zero-order valence-corrected chi connectivity index (χ0v) is 13.4. The lowest BCUT2D eigenvalue weighted by Gasteiger charge is -2.56. The minimum absolute atomic E-state index is 0.147. The monoisotopic (exact) mass is 324 g/mol. The lowest BCUT2D eigenvalue weighted by atomic mass is 9.53. The molecule has 4 saturated carbocycles. The average Bonchev–Trinajstić information content (AvgIpc) is 2.43. The number of esters is 1. The summed E-state index contributed by atoms with van der Waals surface area (Å²) in [5.74, 6) is 0.882. The van der Waals surface area contributed by atoms with Gasteiger partial charge < -0.3 is 14.8 Å². The van der Waals surface area contributed by atoms with Crippen LogP contribution in [0.25, 0.3) is 0 Å². The predicted octanol–water partition coefficient (Wildman–Crippen LogP) is 0.971. The van der Waals surface area contributed by atoms with Crippen molar-refractivity contribution in [1.29, 1.82) is 0 Å². The lowest BCUT2D eigenvalue weighted by Crippen LogP contribution is -2.62. The number of amides is 3. The molecule has 0 aromatic heterocycles. The average molecular weight is 324 g/mol. The molecule has 0 saturated heterocycles. The molecule has 4 rings (SSSR count). The second kappa shape index (κ2) is 6.47. The van der Waals surface area contributed by atoms with Crippen LogP contribution in [0.2, 0.25) is 0 Å². The molecule has 2 N–H and O–H groups in total. The number of ether oxygens (including phenoxy) is 2. The van der Waals surface area contributed by atoms with Gasteiger partial charge in [0.15, 0.2) is 6.61 Å². The normalized spacial score (nSPS) is 34.0. The van der Waals surface area contributed by atoms with Gasteiger partial charge in [-0.3, -0.25) is 10.1 Å². The first-order valence-electron chi connectivity index (χ1n) is 8.24. The molecule has 128 valence electrons. The zero-order chi connectivity index (χ0) is 16.4. The van der Waals surface area contributed by atoms with Gasteiger partial charge in [-0.15, -0.1) is 0 Å². The molecular formula is C16H24N2O5. The first-order valence-corrected chi connectivity index (χ1v) is 8.24. The summed E-state index contributed by atoms with van der Waals surface area (Å²) >= 11 is 0. The van der Waals surface area contributed by atoms with Crippen LogP contribution in [-0.4, -0.2) is 43.8 Å². The number of imide groups is 1. The van der Waals surface area contributed by atoms with Crippen LogP contribution < -0.4 is 10.6 Å². The van der Waals surface area contributed by atoms with Crippen LogP contribution in [0.1, 0.15) is 38.5 Å². The van der Waals surface area contributed by atoms with Gasteiger partial charge in [-0.05, 0) is 56.3 Å². The van der Waals surface area contributed by atoms with E-state index in [1.165, 1.54) is 26.4 Å². The Labute approximate surface area is 135 Å². The van der Waals surface area contributed by atoms with E-state index in [0.717, 1.165) is 19.3 Å². The maximum absolute atomic E-state index is 12.1. The van der Waals surface area contributed by atoms with Crippen LogP contribution in [0.4, 0.5) is 4.79 Å². The van der Waals surface area contributed by atoms with E-state index in [2.05, 4.69) is 20.1 Å². The molecule has 0 spiro atoms. The van der Waals surface area contributed by atoms with Gasteiger partial charge in [-0.2, -0.15) is 0 Å². The Morgan fingerprint density at radius 2 is 1.57 bits per heavy atom. The van der Waals surface area contributed by atoms with Gasteiger partial charge in [0, 0.05) is 12.6 Å². The van der Waals surface area contributed by atoms with E-state index in [1.807, 2.05) is 0 Å². The topological polar surface area (TPSA) is 93.7 Å². The third-order valence-corrected chi connectivity index (χ3v) is 5.30. The van der Waals surface area contributed by atoms with Crippen molar-refractivity contribution in [1.82, 2.24) is 10.6 Å². The molecule has 23 heavy (non-hydrogen) atoms. The summed E-state index contributed by atoms with van der Waals surface area (Å²) in [5.41, 5.74) is -0.147. The van der Waals surface area contributed by atoms with Crippen LogP contribution in [0.15, 0.2) is 0 Å². The van der Waals surface area contributed by atoms with Crippen molar-refractivity contribution >= 4 is 17.9 Å². The first kappa shape index (κ1) is 16.2. The van der Waals surface area contributed by atoms with E-state index in [4.69, 9.17) is 0 Å². The smallest absolute Gasteiger partial charge is 0.332 e. The van der Waals surface area contributed by atoms with Gasteiger partial charge in [0.25, 0.3) is 5.91 Å². The predicted molar refractivity (Wildman–Crippen MR) is 80.4 cm³/mol. The SMILES string of the molecule is COCC(=O)OCC(=O)NC(=O)NC12CC3CC(CC(C3)C1)C2. The van der Waals surface area contributed by atoms with E-state index in [-0.39, 0.29) is 12.1 Å². The molecule has 0 aromatic rings. The van der Waals surface area contributed by atoms with Gasteiger partial charge in [0.2, 0.25) is 0 Å². The fourth-order valence-electron chi connectivity index (χ4n) is 5.00. The van der Waals surface area contributed by atoms with Gasteiger partial charge >= 0.3 is 12.0 Å². The van der Waals surface area contributed by atoms with Crippen molar-refractivity contribution in [3.05, 3.63) is 0 Å². The fourth-order valence-corrected chi connectivity index (χ4v) is 5.00. The lowest BCUT2D eigenvalue weighted by molar-refractivity contribution is -0.151. The van der Waals surface area contributed by atoms with Crippen LogP contribution in [0.5, 0.6) is 0 Å². The summed E-state index contributed by atoms with van der Waals surface area (Å²) in [7, 11) is 1.36. The number of hydrogen-bond acceptors (Lipinski definition) is 5. The molecule has 3 amide bonds. The largest absolute Gasteiger partial charge is 0.454 e. The third kappa shape index (κ3) is 3.83. The highest BCUT2D eigenvalue weighted by Crippen LogP contribution is 2.55. The fraction of sp³-hybridized carbons (Fsp3) is 0.812. The molecule has 7 heteroatoms.